The number of phenols is 4. The molecule has 4 atom stereocenters. The second-order valence-corrected chi connectivity index (χ2v) is 8.41. The van der Waals surface area contributed by atoms with Crippen molar-refractivity contribution >= 4 is 30.1 Å². The second kappa shape index (κ2) is 11.6. The molecule has 13 nitrogen and oxygen atoms in total. The Morgan fingerprint density at radius 2 is 1.34 bits per heavy atom. The Kier molecular flexibility index (Phi) is 8.57. The average Bonchev–Trinajstić information content (AvgIpc) is 2.84. The number of carbonyl (C=O) groups is 3. The van der Waals surface area contributed by atoms with Gasteiger partial charge in [0.2, 0.25) is 0 Å². The molecule has 0 heterocycles. The van der Waals surface area contributed by atoms with Crippen LogP contribution in [-0.2, 0) is 28.9 Å². The fourth-order valence-corrected chi connectivity index (χ4v) is 3.59. The zero-order chi connectivity index (χ0) is 28.0. The normalized spacial score (nSPS) is 23.4. The van der Waals surface area contributed by atoms with Gasteiger partial charge in [-0.3, -0.25) is 4.89 Å². The van der Waals surface area contributed by atoms with Gasteiger partial charge in [0.25, 0.3) is 0 Å². The second-order valence-electron chi connectivity index (χ2n) is 8.41. The minimum atomic E-state index is -2.47. The van der Waals surface area contributed by atoms with E-state index in [9.17, 15) is 50.1 Å². The number of carboxylic acid groups (broad SMARTS) is 1. The first kappa shape index (κ1) is 28.0. The molecular formula is C25H24O13. The summed E-state index contributed by atoms with van der Waals surface area (Å²) < 4.78 is 5.17. The van der Waals surface area contributed by atoms with E-state index >= 15 is 0 Å². The number of aliphatic hydroxyl groups is 2. The van der Waals surface area contributed by atoms with Crippen LogP contribution in [0, 0.1) is 0 Å². The molecular weight excluding hydrogens is 508 g/mol. The summed E-state index contributed by atoms with van der Waals surface area (Å²) in [5, 5.41) is 67.9. The van der Waals surface area contributed by atoms with Crippen LogP contribution >= 0.6 is 0 Å². The lowest BCUT2D eigenvalue weighted by Crippen LogP contribution is -2.58. The summed E-state index contributed by atoms with van der Waals surface area (Å²) in [6.07, 6.45) is -2.06. The highest BCUT2D eigenvalue weighted by molar-refractivity contribution is 5.88. The zero-order valence-electron chi connectivity index (χ0n) is 19.5. The molecule has 0 amide bonds. The van der Waals surface area contributed by atoms with Crippen LogP contribution in [0.1, 0.15) is 24.0 Å². The lowest BCUT2D eigenvalue weighted by atomic mass is 9.79. The SMILES string of the molecule is O=C(C=Cc1ccc(O)c(O)c1)OOC1C(O)CC(O)(C(=O)O)CC1OC(=O)C=Cc1ccc(O)c(O)c1. The van der Waals surface area contributed by atoms with E-state index in [0.29, 0.717) is 11.1 Å². The molecule has 0 aromatic heterocycles. The fourth-order valence-electron chi connectivity index (χ4n) is 3.59. The Hall–Kier alpha value is -4.59. The van der Waals surface area contributed by atoms with Gasteiger partial charge in [-0.2, -0.15) is 4.89 Å². The van der Waals surface area contributed by atoms with Gasteiger partial charge in [0.15, 0.2) is 34.7 Å². The molecule has 0 radical (unpaired) electrons. The molecule has 4 unspecified atom stereocenters. The average molecular weight is 532 g/mol. The summed E-state index contributed by atoms with van der Waals surface area (Å²) in [4.78, 5) is 45.6. The number of ether oxygens (including phenoxy) is 1. The quantitative estimate of drug-likeness (QED) is 0.0829. The number of hydrogen-bond donors (Lipinski definition) is 7. The largest absolute Gasteiger partial charge is 0.504 e. The smallest absolute Gasteiger partial charge is 0.365 e. The van der Waals surface area contributed by atoms with Gasteiger partial charge in [-0.25, -0.2) is 14.4 Å². The van der Waals surface area contributed by atoms with Crippen molar-refractivity contribution in [3.63, 3.8) is 0 Å². The van der Waals surface area contributed by atoms with Gasteiger partial charge in [0.1, 0.15) is 6.10 Å². The third-order valence-corrected chi connectivity index (χ3v) is 5.56. The number of carboxylic acids is 1. The van der Waals surface area contributed by atoms with E-state index in [4.69, 9.17) is 9.62 Å². The van der Waals surface area contributed by atoms with E-state index in [1.54, 1.807) is 0 Å². The molecule has 2 aromatic rings. The summed E-state index contributed by atoms with van der Waals surface area (Å²) in [6, 6.07) is 7.47. The predicted octanol–water partition coefficient (Wildman–Crippen LogP) is 0.961. The molecule has 0 spiro atoms. The molecule has 0 bridgehead atoms. The number of aromatic hydroxyl groups is 4. The molecule has 1 aliphatic carbocycles. The van der Waals surface area contributed by atoms with Crippen LogP contribution in [0.4, 0.5) is 0 Å². The van der Waals surface area contributed by atoms with Crippen molar-refractivity contribution in [1.29, 1.82) is 0 Å². The van der Waals surface area contributed by atoms with Crippen LogP contribution in [0.5, 0.6) is 23.0 Å². The number of phenolic OH excluding ortho intramolecular Hbond substituents is 4. The van der Waals surface area contributed by atoms with Crippen molar-refractivity contribution in [2.75, 3.05) is 0 Å². The summed E-state index contributed by atoms with van der Waals surface area (Å²) in [5.41, 5.74) is -1.85. The summed E-state index contributed by atoms with van der Waals surface area (Å²) in [6.45, 7) is 0. The Morgan fingerprint density at radius 3 is 1.84 bits per heavy atom. The van der Waals surface area contributed by atoms with E-state index in [1.165, 1.54) is 42.5 Å². The van der Waals surface area contributed by atoms with E-state index in [0.717, 1.165) is 18.2 Å². The van der Waals surface area contributed by atoms with Gasteiger partial charge in [-0.05, 0) is 47.5 Å². The van der Waals surface area contributed by atoms with Gasteiger partial charge < -0.3 is 40.5 Å². The Balaban J connectivity index is 1.69. The van der Waals surface area contributed by atoms with Crippen LogP contribution < -0.4 is 0 Å². The van der Waals surface area contributed by atoms with Crippen molar-refractivity contribution in [3.05, 3.63) is 59.7 Å². The minimum absolute atomic E-state index is 0.304. The number of esters is 1. The lowest BCUT2D eigenvalue weighted by molar-refractivity contribution is -0.334. The Morgan fingerprint density at radius 1 is 0.816 bits per heavy atom. The van der Waals surface area contributed by atoms with Gasteiger partial charge in [0, 0.05) is 25.0 Å². The monoisotopic (exact) mass is 532 g/mol. The highest BCUT2D eigenvalue weighted by Gasteiger charge is 2.52. The molecule has 2 aromatic carbocycles. The van der Waals surface area contributed by atoms with Gasteiger partial charge >= 0.3 is 17.9 Å². The molecule has 202 valence electrons. The number of aliphatic carboxylic acids is 1. The molecule has 1 aliphatic rings. The van der Waals surface area contributed by atoms with Crippen molar-refractivity contribution in [1.82, 2.24) is 0 Å². The van der Waals surface area contributed by atoms with Gasteiger partial charge in [-0.1, -0.05) is 12.1 Å². The van der Waals surface area contributed by atoms with E-state index < -0.39 is 66.2 Å². The third-order valence-electron chi connectivity index (χ3n) is 5.56. The van der Waals surface area contributed by atoms with Crippen molar-refractivity contribution < 1.29 is 64.6 Å². The van der Waals surface area contributed by atoms with Crippen LogP contribution in [0.25, 0.3) is 12.2 Å². The standard InChI is InChI=1S/C25H24O13/c26-15-5-1-13(9-17(15)28)3-7-21(31)36-20-12-25(35,24(33)34)11-19(30)23(20)38-37-22(32)8-4-14-2-6-16(27)18(29)10-14/h1-10,19-20,23,26-30,35H,11-12H2,(H,33,34). The minimum Gasteiger partial charge on any atom is -0.504 e. The molecule has 0 saturated heterocycles. The molecule has 7 N–H and O–H groups in total. The summed E-state index contributed by atoms with van der Waals surface area (Å²) in [7, 11) is 0. The number of aliphatic hydroxyl groups excluding tert-OH is 1. The number of rotatable bonds is 8. The fraction of sp³-hybridized carbons (Fsp3) is 0.240. The predicted molar refractivity (Wildman–Crippen MR) is 126 cm³/mol. The molecule has 0 aliphatic heterocycles. The van der Waals surface area contributed by atoms with Crippen molar-refractivity contribution in [2.45, 2.75) is 36.8 Å². The van der Waals surface area contributed by atoms with Crippen LogP contribution in [0.2, 0.25) is 0 Å². The number of benzene rings is 2. The zero-order valence-corrected chi connectivity index (χ0v) is 19.5. The maximum Gasteiger partial charge on any atom is 0.365 e. The van der Waals surface area contributed by atoms with E-state index in [2.05, 4.69) is 4.89 Å². The topological polar surface area (TPSA) is 221 Å². The van der Waals surface area contributed by atoms with Crippen LogP contribution in [0.3, 0.4) is 0 Å². The molecule has 3 rings (SSSR count). The lowest BCUT2D eigenvalue weighted by Gasteiger charge is -2.39. The summed E-state index contributed by atoms with van der Waals surface area (Å²) >= 11 is 0. The molecule has 1 fully saturated rings. The van der Waals surface area contributed by atoms with Gasteiger partial charge in [0.05, 0.1) is 6.10 Å². The van der Waals surface area contributed by atoms with Crippen LogP contribution in [-0.4, -0.2) is 77.6 Å². The first-order chi connectivity index (χ1) is 17.9. The van der Waals surface area contributed by atoms with Crippen molar-refractivity contribution in [2.24, 2.45) is 0 Å². The maximum atomic E-state index is 12.4. The van der Waals surface area contributed by atoms with Crippen molar-refractivity contribution in [3.8, 4) is 23.0 Å². The maximum absolute atomic E-state index is 12.4. The Bertz CT molecular complexity index is 1270. The highest BCUT2D eigenvalue weighted by atomic mass is 17.2. The van der Waals surface area contributed by atoms with E-state index in [-0.39, 0.29) is 11.5 Å². The van der Waals surface area contributed by atoms with Gasteiger partial charge in [-0.15, -0.1) is 0 Å². The van der Waals surface area contributed by atoms with E-state index in [1.807, 2.05) is 0 Å². The Labute approximate surface area is 214 Å². The first-order valence-electron chi connectivity index (χ1n) is 11.0. The number of carbonyl (C=O) groups excluding carboxylic acids is 2. The number of hydrogen-bond acceptors (Lipinski definition) is 12. The third kappa shape index (κ3) is 7.00. The molecule has 1 saturated carbocycles. The first-order valence-corrected chi connectivity index (χ1v) is 11.0. The summed E-state index contributed by atoms with van der Waals surface area (Å²) in [5.74, 6) is -5.40. The molecule has 13 heteroatoms. The van der Waals surface area contributed by atoms with Crippen LogP contribution in [0.15, 0.2) is 48.6 Å². The molecule has 38 heavy (non-hydrogen) atoms. The highest BCUT2D eigenvalue weighted by Crippen LogP contribution is 2.33.